The van der Waals surface area contributed by atoms with Crippen molar-refractivity contribution in [2.75, 3.05) is 46.5 Å². The van der Waals surface area contributed by atoms with Crippen LogP contribution in [0.2, 0.25) is 0 Å². The Hall–Kier alpha value is -2.19. The number of aromatic nitrogens is 1. The fraction of sp³-hybridized carbons (Fsp3) is 0.667. The molecule has 2 heterocycles. The first kappa shape index (κ1) is 23.1. The number of nitrogens with one attached hydrogen (secondary N) is 2. The molecule has 0 saturated carbocycles. The van der Waals surface area contributed by atoms with Crippen molar-refractivity contribution in [3.63, 3.8) is 0 Å². The zero-order valence-electron chi connectivity index (χ0n) is 17.9. The quantitative estimate of drug-likeness (QED) is 0.349. The van der Waals surface area contributed by atoms with E-state index < -0.39 is 5.97 Å². The van der Waals surface area contributed by atoms with E-state index in [1.165, 1.54) is 0 Å². The maximum atomic E-state index is 12.8. The van der Waals surface area contributed by atoms with Gasteiger partial charge in [0.25, 0.3) is 0 Å². The SMILES string of the molecule is CCOC(=O)c1c(C)[nH]c(C(=O)CN2CCC(C(=O)NCCCOC)CC2)c1C. The number of carbonyl (C=O) groups excluding carboxylic acids is 3. The highest BCUT2D eigenvalue weighted by atomic mass is 16.5. The number of ether oxygens (including phenoxy) is 2. The van der Waals surface area contributed by atoms with Gasteiger partial charge in [0.2, 0.25) is 5.91 Å². The van der Waals surface area contributed by atoms with Gasteiger partial charge < -0.3 is 19.8 Å². The van der Waals surface area contributed by atoms with Gasteiger partial charge in [-0.1, -0.05) is 0 Å². The molecular formula is C21H33N3O5. The Morgan fingerprint density at radius 2 is 1.90 bits per heavy atom. The molecule has 0 spiro atoms. The van der Waals surface area contributed by atoms with E-state index in [0.29, 0.717) is 55.4 Å². The van der Waals surface area contributed by atoms with Crippen molar-refractivity contribution in [3.8, 4) is 0 Å². The van der Waals surface area contributed by atoms with Gasteiger partial charge in [0.1, 0.15) is 0 Å². The summed E-state index contributed by atoms with van der Waals surface area (Å²) in [5.74, 6) is -0.380. The van der Waals surface area contributed by atoms with Gasteiger partial charge in [-0.05, 0) is 58.7 Å². The number of likely N-dealkylation sites (tertiary alicyclic amines) is 1. The lowest BCUT2D eigenvalue weighted by atomic mass is 9.95. The lowest BCUT2D eigenvalue weighted by Gasteiger charge is -2.30. The second kappa shape index (κ2) is 11.1. The highest BCUT2D eigenvalue weighted by molar-refractivity contribution is 6.02. The van der Waals surface area contributed by atoms with Crippen LogP contribution in [-0.2, 0) is 14.3 Å². The van der Waals surface area contributed by atoms with Crippen LogP contribution in [0.1, 0.15) is 58.3 Å². The van der Waals surface area contributed by atoms with E-state index in [1.54, 1.807) is 27.9 Å². The second-order valence-electron chi connectivity index (χ2n) is 7.46. The third-order valence-electron chi connectivity index (χ3n) is 5.35. The average Bonchev–Trinajstić information content (AvgIpc) is 3.00. The van der Waals surface area contributed by atoms with Gasteiger partial charge in [0.05, 0.1) is 24.4 Å². The summed E-state index contributed by atoms with van der Waals surface area (Å²) in [6, 6.07) is 0. The fourth-order valence-electron chi connectivity index (χ4n) is 3.75. The summed E-state index contributed by atoms with van der Waals surface area (Å²) in [4.78, 5) is 42.2. The summed E-state index contributed by atoms with van der Waals surface area (Å²) in [5, 5.41) is 2.95. The highest BCUT2D eigenvalue weighted by Crippen LogP contribution is 2.21. The molecule has 0 atom stereocenters. The summed E-state index contributed by atoms with van der Waals surface area (Å²) in [5.41, 5.74) is 2.19. The third kappa shape index (κ3) is 6.14. The van der Waals surface area contributed by atoms with Crippen molar-refractivity contribution < 1.29 is 23.9 Å². The van der Waals surface area contributed by atoms with Crippen LogP contribution in [0.3, 0.4) is 0 Å². The van der Waals surface area contributed by atoms with Gasteiger partial charge in [-0.15, -0.1) is 0 Å². The number of aryl methyl sites for hydroxylation is 1. The van der Waals surface area contributed by atoms with Crippen LogP contribution in [-0.4, -0.2) is 74.0 Å². The lowest BCUT2D eigenvalue weighted by Crippen LogP contribution is -2.42. The van der Waals surface area contributed by atoms with Gasteiger partial charge in [-0.3, -0.25) is 14.5 Å². The van der Waals surface area contributed by atoms with Crippen LogP contribution < -0.4 is 5.32 Å². The van der Waals surface area contributed by atoms with Crippen molar-refractivity contribution in [2.45, 2.75) is 40.0 Å². The van der Waals surface area contributed by atoms with Crippen LogP contribution in [0, 0.1) is 19.8 Å². The minimum absolute atomic E-state index is 0.00576. The number of rotatable bonds is 10. The van der Waals surface area contributed by atoms with Crippen molar-refractivity contribution in [3.05, 3.63) is 22.5 Å². The molecule has 1 aromatic heterocycles. The maximum Gasteiger partial charge on any atom is 0.340 e. The van der Waals surface area contributed by atoms with Crippen LogP contribution in [0.5, 0.6) is 0 Å². The van der Waals surface area contributed by atoms with Gasteiger partial charge in [0.15, 0.2) is 5.78 Å². The minimum Gasteiger partial charge on any atom is -0.462 e. The number of carbonyl (C=O) groups is 3. The van der Waals surface area contributed by atoms with E-state index in [1.807, 2.05) is 0 Å². The van der Waals surface area contributed by atoms with Crippen LogP contribution in [0.25, 0.3) is 0 Å². The number of methoxy groups -OCH3 is 1. The number of hydrogen-bond donors (Lipinski definition) is 2. The second-order valence-corrected chi connectivity index (χ2v) is 7.46. The molecule has 0 radical (unpaired) electrons. The number of amides is 1. The smallest absolute Gasteiger partial charge is 0.340 e. The normalized spacial score (nSPS) is 15.3. The monoisotopic (exact) mass is 407 g/mol. The molecule has 1 amide bonds. The zero-order chi connectivity index (χ0) is 21.4. The number of H-pyrrole nitrogens is 1. The van der Waals surface area contributed by atoms with Gasteiger partial charge in [-0.25, -0.2) is 4.79 Å². The zero-order valence-corrected chi connectivity index (χ0v) is 17.9. The van der Waals surface area contributed by atoms with Crippen molar-refractivity contribution in [2.24, 2.45) is 5.92 Å². The van der Waals surface area contributed by atoms with Crippen LogP contribution in [0.4, 0.5) is 0 Å². The number of hydrogen-bond acceptors (Lipinski definition) is 6. The lowest BCUT2D eigenvalue weighted by molar-refractivity contribution is -0.126. The number of nitrogens with zero attached hydrogens (tertiary/aromatic N) is 1. The molecule has 2 rings (SSSR count). The maximum absolute atomic E-state index is 12.8. The summed E-state index contributed by atoms with van der Waals surface area (Å²) >= 11 is 0. The Bertz CT molecular complexity index is 720. The molecule has 0 unspecified atom stereocenters. The van der Waals surface area contributed by atoms with E-state index in [4.69, 9.17) is 9.47 Å². The molecule has 1 aliphatic heterocycles. The summed E-state index contributed by atoms with van der Waals surface area (Å²) in [6.07, 6.45) is 2.28. The molecule has 0 aliphatic carbocycles. The average molecular weight is 408 g/mol. The minimum atomic E-state index is -0.407. The summed E-state index contributed by atoms with van der Waals surface area (Å²) < 4.78 is 10.1. The molecule has 2 N–H and O–H groups in total. The van der Waals surface area contributed by atoms with Crippen LogP contribution >= 0.6 is 0 Å². The Morgan fingerprint density at radius 3 is 2.52 bits per heavy atom. The van der Waals surface area contributed by atoms with E-state index in [0.717, 1.165) is 19.3 Å². The topological polar surface area (TPSA) is 101 Å². The Labute approximate surface area is 172 Å². The first-order chi connectivity index (χ1) is 13.9. The summed E-state index contributed by atoms with van der Waals surface area (Å²) in [7, 11) is 1.65. The van der Waals surface area contributed by atoms with E-state index >= 15 is 0 Å². The predicted octanol–water partition coefficient (Wildman–Crippen LogP) is 1.86. The van der Waals surface area contributed by atoms with Crippen molar-refractivity contribution >= 4 is 17.7 Å². The Kier molecular flexibility index (Phi) is 8.85. The molecule has 162 valence electrons. The largest absolute Gasteiger partial charge is 0.462 e. The van der Waals surface area contributed by atoms with Gasteiger partial charge >= 0.3 is 5.97 Å². The number of ketones is 1. The predicted molar refractivity (Wildman–Crippen MR) is 109 cm³/mol. The molecule has 1 fully saturated rings. The third-order valence-corrected chi connectivity index (χ3v) is 5.35. The number of esters is 1. The number of Topliss-reactive ketones (excluding diaryl/α,β-unsaturated/α-hetero) is 1. The van der Waals surface area contributed by atoms with E-state index in [2.05, 4.69) is 15.2 Å². The summed E-state index contributed by atoms with van der Waals surface area (Å²) in [6.45, 7) is 8.51. The molecule has 29 heavy (non-hydrogen) atoms. The molecule has 0 aromatic carbocycles. The van der Waals surface area contributed by atoms with E-state index in [9.17, 15) is 14.4 Å². The van der Waals surface area contributed by atoms with Crippen molar-refractivity contribution in [1.29, 1.82) is 0 Å². The molecule has 1 aliphatic rings. The molecule has 8 nitrogen and oxygen atoms in total. The molecule has 1 saturated heterocycles. The molecule has 0 bridgehead atoms. The number of aromatic amines is 1. The first-order valence-corrected chi connectivity index (χ1v) is 10.3. The molecular weight excluding hydrogens is 374 g/mol. The van der Waals surface area contributed by atoms with Gasteiger partial charge in [0, 0.05) is 31.9 Å². The van der Waals surface area contributed by atoms with E-state index in [-0.39, 0.29) is 24.2 Å². The molecule has 8 heteroatoms. The first-order valence-electron chi connectivity index (χ1n) is 10.3. The highest BCUT2D eigenvalue weighted by Gasteiger charge is 2.28. The van der Waals surface area contributed by atoms with Crippen molar-refractivity contribution in [1.82, 2.24) is 15.2 Å². The van der Waals surface area contributed by atoms with Gasteiger partial charge in [-0.2, -0.15) is 0 Å². The Morgan fingerprint density at radius 1 is 1.21 bits per heavy atom. The Balaban J connectivity index is 1.86. The fourth-order valence-corrected chi connectivity index (χ4v) is 3.75. The molecule has 1 aromatic rings. The number of piperidine rings is 1. The standard InChI is InChI=1S/C21H33N3O5/c1-5-29-21(27)18-14(2)19(23-15(18)3)17(25)13-24-10-7-16(8-11-24)20(26)22-9-6-12-28-4/h16,23H,5-13H2,1-4H3,(H,22,26). The van der Waals surface area contributed by atoms with Crippen LogP contribution in [0.15, 0.2) is 0 Å².